The Bertz CT molecular complexity index is 419. The molecule has 7 heteroatoms. The quantitative estimate of drug-likeness (QED) is 0.825. The van der Waals surface area contributed by atoms with Crippen molar-refractivity contribution in [1.82, 2.24) is 4.98 Å². The number of rotatable bonds is 3. The average molecular weight is 339 g/mol. The molecule has 0 aliphatic rings. The highest BCUT2D eigenvalue weighted by Gasteiger charge is 2.18. The van der Waals surface area contributed by atoms with E-state index in [0.29, 0.717) is 5.56 Å². The molecule has 0 atom stereocenters. The second-order valence-corrected chi connectivity index (χ2v) is 5.61. The van der Waals surface area contributed by atoms with E-state index in [0.717, 1.165) is 0 Å². The van der Waals surface area contributed by atoms with Crippen molar-refractivity contribution < 1.29 is 19.8 Å². The Morgan fingerprint density at radius 1 is 1.20 bits per heavy atom. The summed E-state index contributed by atoms with van der Waals surface area (Å²) in [6.07, 6.45) is 0. The van der Waals surface area contributed by atoms with Gasteiger partial charge in [-0.2, -0.15) is 0 Å². The standard InChI is InChI=1S/C8H5Br2NO4/c9-6(10)3-1-2-4(7(12)13)11-5(3)8(14)15/h1-2,6H,(H,12,13)(H,14,15). The van der Waals surface area contributed by atoms with E-state index in [9.17, 15) is 9.59 Å². The number of carboxylic acid groups (broad SMARTS) is 2. The van der Waals surface area contributed by atoms with Crippen molar-refractivity contribution in [2.75, 3.05) is 0 Å². The van der Waals surface area contributed by atoms with Gasteiger partial charge in [-0.15, -0.1) is 0 Å². The Labute approximate surface area is 101 Å². The van der Waals surface area contributed by atoms with Crippen LogP contribution >= 0.6 is 31.9 Å². The Morgan fingerprint density at radius 2 is 1.80 bits per heavy atom. The van der Waals surface area contributed by atoms with Crippen LogP contribution < -0.4 is 0 Å². The molecule has 0 saturated heterocycles. The van der Waals surface area contributed by atoms with Crippen LogP contribution in [0.4, 0.5) is 0 Å². The molecule has 0 aliphatic heterocycles. The van der Waals surface area contributed by atoms with Crippen molar-refractivity contribution in [2.45, 2.75) is 3.74 Å². The Morgan fingerprint density at radius 3 is 2.20 bits per heavy atom. The fraction of sp³-hybridized carbons (Fsp3) is 0.125. The number of carboxylic acids is 2. The maximum atomic E-state index is 10.8. The van der Waals surface area contributed by atoms with Gasteiger partial charge in [-0.3, -0.25) is 0 Å². The van der Waals surface area contributed by atoms with E-state index in [2.05, 4.69) is 36.8 Å². The number of nitrogens with zero attached hydrogens (tertiary/aromatic N) is 1. The van der Waals surface area contributed by atoms with Crippen LogP contribution in [0.1, 0.15) is 30.3 Å². The molecule has 1 aromatic rings. The molecule has 0 spiro atoms. The predicted octanol–water partition coefficient (Wildman–Crippen LogP) is 2.27. The van der Waals surface area contributed by atoms with Gasteiger partial charge in [-0.05, 0) is 6.07 Å². The van der Waals surface area contributed by atoms with E-state index in [-0.39, 0.29) is 15.1 Å². The number of hydrogen-bond acceptors (Lipinski definition) is 3. The fourth-order valence-electron chi connectivity index (χ4n) is 0.936. The SMILES string of the molecule is O=C(O)c1ccc(C(Br)Br)c(C(=O)O)n1. The van der Waals surface area contributed by atoms with Crippen LogP contribution in [-0.4, -0.2) is 27.1 Å². The minimum atomic E-state index is -1.27. The van der Waals surface area contributed by atoms with Crippen LogP contribution in [0.2, 0.25) is 0 Å². The molecule has 80 valence electrons. The van der Waals surface area contributed by atoms with E-state index < -0.39 is 11.9 Å². The molecule has 0 saturated carbocycles. The summed E-state index contributed by atoms with van der Waals surface area (Å²) in [5, 5.41) is 17.5. The highest BCUT2D eigenvalue weighted by molar-refractivity contribution is 9.24. The maximum Gasteiger partial charge on any atom is 0.354 e. The summed E-state index contributed by atoms with van der Waals surface area (Å²) in [5.41, 5.74) is -0.210. The third-order valence-corrected chi connectivity index (χ3v) is 2.57. The van der Waals surface area contributed by atoms with Gasteiger partial charge in [-0.1, -0.05) is 37.9 Å². The number of halogens is 2. The van der Waals surface area contributed by atoms with Crippen LogP contribution in [0.3, 0.4) is 0 Å². The molecule has 5 nitrogen and oxygen atoms in total. The number of pyridine rings is 1. The normalized spacial score (nSPS) is 10.3. The van der Waals surface area contributed by atoms with Crippen molar-refractivity contribution in [3.63, 3.8) is 0 Å². The Hall–Kier alpha value is -0.950. The summed E-state index contributed by atoms with van der Waals surface area (Å²) in [7, 11) is 0. The van der Waals surface area contributed by atoms with Gasteiger partial charge in [0, 0.05) is 5.56 Å². The number of aromatic carboxylic acids is 2. The van der Waals surface area contributed by atoms with E-state index in [1.807, 2.05) is 0 Å². The van der Waals surface area contributed by atoms with Gasteiger partial charge >= 0.3 is 11.9 Å². The first-order chi connectivity index (χ1) is 6.93. The second-order valence-electron chi connectivity index (χ2n) is 2.55. The van der Waals surface area contributed by atoms with Gasteiger partial charge < -0.3 is 10.2 Å². The van der Waals surface area contributed by atoms with E-state index >= 15 is 0 Å². The summed E-state index contributed by atoms with van der Waals surface area (Å²) in [6, 6.07) is 2.65. The lowest BCUT2D eigenvalue weighted by molar-refractivity contribution is 0.0684. The fourth-order valence-corrected chi connectivity index (χ4v) is 1.68. The molecule has 15 heavy (non-hydrogen) atoms. The smallest absolute Gasteiger partial charge is 0.354 e. The molecular weight excluding hydrogens is 334 g/mol. The first-order valence-corrected chi connectivity index (χ1v) is 5.52. The average Bonchev–Trinajstić information content (AvgIpc) is 2.16. The van der Waals surface area contributed by atoms with Gasteiger partial charge in [0.1, 0.15) is 5.69 Å². The second kappa shape index (κ2) is 4.71. The summed E-state index contributed by atoms with van der Waals surface area (Å²) in [4.78, 5) is 24.9. The molecule has 0 amide bonds. The number of carbonyl (C=O) groups is 2. The number of hydrogen-bond donors (Lipinski definition) is 2. The van der Waals surface area contributed by atoms with E-state index in [1.165, 1.54) is 12.1 Å². The van der Waals surface area contributed by atoms with Crippen LogP contribution in [0.5, 0.6) is 0 Å². The molecule has 0 bridgehead atoms. The Balaban J connectivity index is 3.33. The zero-order valence-electron chi connectivity index (χ0n) is 7.15. The summed E-state index contributed by atoms with van der Waals surface area (Å²) >= 11 is 6.26. The van der Waals surface area contributed by atoms with Crippen molar-refractivity contribution in [2.24, 2.45) is 0 Å². The largest absolute Gasteiger partial charge is 0.477 e. The summed E-state index contributed by atoms with van der Waals surface area (Å²) < 4.78 is -0.383. The van der Waals surface area contributed by atoms with Gasteiger partial charge in [0.2, 0.25) is 0 Å². The lowest BCUT2D eigenvalue weighted by Crippen LogP contribution is -2.10. The lowest BCUT2D eigenvalue weighted by atomic mass is 10.2. The highest BCUT2D eigenvalue weighted by Crippen LogP contribution is 2.31. The molecule has 0 unspecified atom stereocenters. The molecule has 1 heterocycles. The summed E-state index contributed by atoms with van der Waals surface area (Å²) in [5.74, 6) is -2.53. The minimum absolute atomic E-state index is 0.284. The minimum Gasteiger partial charge on any atom is -0.477 e. The topological polar surface area (TPSA) is 87.5 Å². The van der Waals surface area contributed by atoms with Gasteiger partial charge in [0.05, 0.1) is 3.74 Å². The molecule has 0 aromatic carbocycles. The molecule has 0 aliphatic carbocycles. The first kappa shape index (κ1) is 12.1. The lowest BCUT2D eigenvalue weighted by Gasteiger charge is -2.06. The predicted molar refractivity (Wildman–Crippen MR) is 58.8 cm³/mol. The zero-order valence-corrected chi connectivity index (χ0v) is 10.3. The van der Waals surface area contributed by atoms with Crippen LogP contribution in [-0.2, 0) is 0 Å². The maximum absolute atomic E-state index is 10.8. The van der Waals surface area contributed by atoms with E-state index in [4.69, 9.17) is 10.2 Å². The molecule has 0 radical (unpaired) electrons. The number of aromatic nitrogens is 1. The molecular formula is C8H5Br2NO4. The van der Waals surface area contributed by atoms with Gasteiger partial charge in [0.15, 0.2) is 5.69 Å². The molecule has 0 fully saturated rings. The van der Waals surface area contributed by atoms with Crippen molar-refractivity contribution >= 4 is 43.8 Å². The van der Waals surface area contributed by atoms with Gasteiger partial charge in [-0.25, -0.2) is 14.6 Å². The number of alkyl halides is 2. The van der Waals surface area contributed by atoms with Crippen LogP contribution in [0.15, 0.2) is 12.1 Å². The third kappa shape index (κ3) is 2.75. The van der Waals surface area contributed by atoms with E-state index in [1.54, 1.807) is 0 Å². The monoisotopic (exact) mass is 337 g/mol. The van der Waals surface area contributed by atoms with Gasteiger partial charge in [0.25, 0.3) is 0 Å². The van der Waals surface area contributed by atoms with Crippen molar-refractivity contribution in [1.29, 1.82) is 0 Å². The molecule has 1 rings (SSSR count). The highest BCUT2D eigenvalue weighted by atomic mass is 79.9. The third-order valence-electron chi connectivity index (χ3n) is 1.58. The molecule has 2 N–H and O–H groups in total. The van der Waals surface area contributed by atoms with Crippen LogP contribution in [0, 0.1) is 0 Å². The summed E-state index contributed by atoms with van der Waals surface area (Å²) in [6.45, 7) is 0. The zero-order chi connectivity index (χ0) is 11.6. The first-order valence-electron chi connectivity index (χ1n) is 3.69. The Kier molecular flexibility index (Phi) is 3.81. The van der Waals surface area contributed by atoms with Crippen molar-refractivity contribution in [3.8, 4) is 0 Å². The van der Waals surface area contributed by atoms with Crippen molar-refractivity contribution in [3.05, 3.63) is 29.1 Å². The van der Waals surface area contributed by atoms with Crippen LogP contribution in [0.25, 0.3) is 0 Å². The molecule has 1 aromatic heterocycles.